The Bertz CT molecular complexity index is 1370. The van der Waals surface area contributed by atoms with Crippen LogP contribution in [-0.2, 0) is 0 Å². The fourth-order valence-electron chi connectivity index (χ4n) is 3.28. The molecule has 1 heterocycles. The molecular formula is C26H19N3O3S. The van der Waals surface area contributed by atoms with Crippen molar-refractivity contribution in [2.75, 3.05) is 12.9 Å². The highest BCUT2D eigenvalue weighted by Gasteiger charge is 2.15. The summed E-state index contributed by atoms with van der Waals surface area (Å²) in [5.41, 5.74) is 2.95. The molecule has 4 rings (SSSR count). The van der Waals surface area contributed by atoms with Crippen molar-refractivity contribution in [3.05, 3.63) is 100 Å². The molecule has 162 valence electrons. The number of H-pyrrole nitrogens is 1. The minimum atomic E-state index is -0.541. The lowest BCUT2D eigenvalue weighted by Crippen LogP contribution is -2.15. The largest absolute Gasteiger partial charge is 0.497 e. The van der Waals surface area contributed by atoms with Gasteiger partial charge in [-0.05, 0) is 35.4 Å². The predicted octanol–water partition coefficient (Wildman–Crippen LogP) is 4.96. The summed E-state index contributed by atoms with van der Waals surface area (Å²) in [6.07, 6.45) is 0. The number of Topliss-reactive ketones (excluding diaryl/α,β-unsaturated/α-hetero) is 1. The Labute approximate surface area is 194 Å². The number of rotatable bonds is 7. The second kappa shape index (κ2) is 9.98. The number of thioether (sulfide) groups is 1. The number of ketones is 1. The highest BCUT2D eigenvalue weighted by molar-refractivity contribution is 7.99. The molecular weight excluding hydrogens is 434 g/mol. The Morgan fingerprint density at radius 2 is 1.61 bits per heavy atom. The van der Waals surface area contributed by atoms with Crippen LogP contribution in [0.5, 0.6) is 5.75 Å². The molecule has 0 aliphatic carbocycles. The number of carbonyl (C=O) groups excluding carboxylic acids is 1. The van der Waals surface area contributed by atoms with E-state index in [2.05, 4.69) is 9.97 Å². The predicted molar refractivity (Wildman–Crippen MR) is 128 cm³/mol. The number of hydrogen-bond acceptors (Lipinski definition) is 6. The lowest BCUT2D eigenvalue weighted by atomic mass is 10.0. The molecule has 7 heteroatoms. The van der Waals surface area contributed by atoms with Crippen LogP contribution in [0.3, 0.4) is 0 Å². The zero-order valence-electron chi connectivity index (χ0n) is 17.7. The third-order valence-electron chi connectivity index (χ3n) is 5.03. The van der Waals surface area contributed by atoms with E-state index in [-0.39, 0.29) is 27.9 Å². The van der Waals surface area contributed by atoms with E-state index in [1.165, 1.54) is 0 Å². The molecule has 1 N–H and O–H groups in total. The molecule has 0 atom stereocenters. The number of hydrogen-bond donors (Lipinski definition) is 1. The molecule has 1 aromatic heterocycles. The van der Waals surface area contributed by atoms with E-state index in [1.807, 2.05) is 48.5 Å². The van der Waals surface area contributed by atoms with Crippen LogP contribution in [-0.4, -0.2) is 28.6 Å². The summed E-state index contributed by atoms with van der Waals surface area (Å²) < 4.78 is 5.15. The van der Waals surface area contributed by atoms with Crippen molar-refractivity contribution in [3.8, 4) is 34.2 Å². The van der Waals surface area contributed by atoms with Gasteiger partial charge in [0.05, 0.1) is 18.6 Å². The third kappa shape index (κ3) is 5.03. The van der Waals surface area contributed by atoms with Crippen LogP contribution in [0.2, 0.25) is 0 Å². The zero-order valence-corrected chi connectivity index (χ0v) is 18.6. The van der Waals surface area contributed by atoms with Gasteiger partial charge in [0, 0.05) is 11.1 Å². The van der Waals surface area contributed by atoms with E-state index in [9.17, 15) is 14.9 Å². The minimum absolute atomic E-state index is 0.0765. The van der Waals surface area contributed by atoms with E-state index < -0.39 is 5.56 Å². The Hall–Kier alpha value is -4.15. The summed E-state index contributed by atoms with van der Waals surface area (Å²) in [5.74, 6) is 0.667. The standard InChI is InChI=1S/C26H19N3O3S/c1-32-21-13-11-20(12-14-21)24-22(15-27)25(31)29-26(28-24)33-16-23(30)19-9-7-18(8-10-19)17-5-3-2-4-6-17/h2-14H,16H2,1H3,(H,28,29,31). The Morgan fingerprint density at radius 3 is 2.24 bits per heavy atom. The molecule has 4 aromatic rings. The molecule has 0 radical (unpaired) electrons. The molecule has 0 bridgehead atoms. The molecule has 0 amide bonds. The van der Waals surface area contributed by atoms with Crippen molar-refractivity contribution in [2.24, 2.45) is 0 Å². The Kier molecular flexibility index (Phi) is 6.67. The first-order valence-electron chi connectivity index (χ1n) is 10.1. The number of aromatic amines is 1. The smallest absolute Gasteiger partial charge is 0.270 e. The SMILES string of the molecule is COc1ccc(-c2nc(SCC(=O)c3ccc(-c4ccccc4)cc3)[nH]c(=O)c2C#N)cc1. The number of benzene rings is 3. The van der Waals surface area contributed by atoms with Gasteiger partial charge >= 0.3 is 0 Å². The van der Waals surface area contributed by atoms with Crippen molar-refractivity contribution in [1.82, 2.24) is 9.97 Å². The number of ether oxygens (including phenoxy) is 1. The number of nitrogens with zero attached hydrogens (tertiary/aromatic N) is 2. The van der Waals surface area contributed by atoms with Crippen LogP contribution >= 0.6 is 11.8 Å². The molecule has 0 saturated heterocycles. The maximum absolute atomic E-state index is 12.7. The van der Waals surface area contributed by atoms with Gasteiger partial charge in [-0.1, -0.05) is 66.4 Å². The van der Waals surface area contributed by atoms with Gasteiger partial charge in [0.1, 0.15) is 17.4 Å². The maximum atomic E-state index is 12.7. The maximum Gasteiger partial charge on any atom is 0.270 e. The molecule has 0 unspecified atom stereocenters. The average Bonchev–Trinajstić information content (AvgIpc) is 2.87. The third-order valence-corrected chi connectivity index (χ3v) is 5.90. The van der Waals surface area contributed by atoms with Gasteiger partial charge in [-0.25, -0.2) is 4.98 Å². The number of methoxy groups -OCH3 is 1. The topological polar surface area (TPSA) is 95.8 Å². The zero-order chi connectivity index (χ0) is 23.2. The summed E-state index contributed by atoms with van der Waals surface area (Å²) >= 11 is 1.12. The van der Waals surface area contributed by atoms with Gasteiger partial charge in [-0.15, -0.1) is 0 Å². The number of aromatic nitrogens is 2. The van der Waals surface area contributed by atoms with Crippen molar-refractivity contribution in [2.45, 2.75) is 5.16 Å². The van der Waals surface area contributed by atoms with Crippen LogP contribution in [0.1, 0.15) is 15.9 Å². The lowest BCUT2D eigenvalue weighted by molar-refractivity contribution is 0.102. The van der Waals surface area contributed by atoms with Crippen LogP contribution in [0, 0.1) is 11.3 Å². The van der Waals surface area contributed by atoms with E-state index in [4.69, 9.17) is 4.74 Å². The first-order chi connectivity index (χ1) is 16.1. The summed E-state index contributed by atoms with van der Waals surface area (Å²) in [4.78, 5) is 32.2. The molecule has 3 aromatic carbocycles. The van der Waals surface area contributed by atoms with Crippen molar-refractivity contribution in [1.29, 1.82) is 5.26 Å². The van der Waals surface area contributed by atoms with E-state index in [0.29, 0.717) is 16.9 Å². The van der Waals surface area contributed by atoms with Gasteiger partial charge in [0.2, 0.25) is 0 Å². The summed E-state index contributed by atoms with van der Waals surface area (Å²) in [6.45, 7) is 0. The molecule has 0 fully saturated rings. The molecule has 0 aliphatic rings. The van der Waals surface area contributed by atoms with Crippen molar-refractivity contribution in [3.63, 3.8) is 0 Å². The molecule has 0 saturated carbocycles. The van der Waals surface area contributed by atoms with Crippen molar-refractivity contribution < 1.29 is 9.53 Å². The first kappa shape index (κ1) is 22.1. The Morgan fingerprint density at radius 1 is 0.970 bits per heavy atom. The van der Waals surface area contributed by atoms with Gasteiger partial charge in [0.15, 0.2) is 10.9 Å². The minimum Gasteiger partial charge on any atom is -0.497 e. The molecule has 6 nitrogen and oxygen atoms in total. The highest BCUT2D eigenvalue weighted by atomic mass is 32.2. The van der Waals surface area contributed by atoms with Crippen LogP contribution in [0.25, 0.3) is 22.4 Å². The highest BCUT2D eigenvalue weighted by Crippen LogP contribution is 2.25. The Balaban J connectivity index is 1.52. The van der Waals surface area contributed by atoms with Gasteiger partial charge in [0.25, 0.3) is 5.56 Å². The molecule has 0 aliphatic heterocycles. The van der Waals surface area contributed by atoms with E-state index in [1.54, 1.807) is 43.5 Å². The molecule has 0 spiro atoms. The van der Waals surface area contributed by atoms with Gasteiger partial charge in [-0.3, -0.25) is 9.59 Å². The summed E-state index contributed by atoms with van der Waals surface area (Å²) in [6, 6.07) is 26.2. The molecule has 33 heavy (non-hydrogen) atoms. The summed E-state index contributed by atoms with van der Waals surface area (Å²) in [7, 11) is 1.56. The normalized spacial score (nSPS) is 10.4. The number of nitriles is 1. The van der Waals surface area contributed by atoms with Crippen LogP contribution in [0.15, 0.2) is 88.8 Å². The summed E-state index contributed by atoms with van der Waals surface area (Å²) in [5, 5.41) is 9.71. The lowest BCUT2D eigenvalue weighted by Gasteiger charge is -2.08. The van der Waals surface area contributed by atoms with E-state index >= 15 is 0 Å². The average molecular weight is 454 g/mol. The first-order valence-corrected chi connectivity index (χ1v) is 11.1. The fourth-order valence-corrected chi connectivity index (χ4v) is 4.03. The quantitative estimate of drug-likeness (QED) is 0.241. The second-order valence-corrected chi connectivity index (χ2v) is 8.05. The van der Waals surface area contributed by atoms with Crippen molar-refractivity contribution >= 4 is 17.5 Å². The number of nitrogens with one attached hydrogen (secondary N) is 1. The number of carbonyl (C=O) groups is 1. The van der Waals surface area contributed by atoms with E-state index in [0.717, 1.165) is 22.9 Å². The van der Waals surface area contributed by atoms with Crippen LogP contribution < -0.4 is 10.3 Å². The monoisotopic (exact) mass is 453 g/mol. The van der Waals surface area contributed by atoms with Gasteiger partial charge < -0.3 is 9.72 Å². The fraction of sp³-hybridized carbons (Fsp3) is 0.0769. The second-order valence-electron chi connectivity index (χ2n) is 7.09. The van der Waals surface area contributed by atoms with Gasteiger partial charge in [-0.2, -0.15) is 5.26 Å². The van der Waals surface area contributed by atoms with Crippen LogP contribution in [0.4, 0.5) is 0 Å².